The van der Waals surface area contributed by atoms with E-state index in [1.165, 1.54) is 0 Å². The normalized spacial score (nSPS) is 10.8. The molecule has 0 unspecified atom stereocenters. The number of halogens is 4. The Kier molecular flexibility index (Phi) is 5.45. The smallest absolute Gasteiger partial charge is 0.152 e. The molecular weight excluding hydrogens is 481 g/mol. The molecule has 0 saturated carbocycles. The molecule has 124 valence electrons. The van der Waals surface area contributed by atoms with Gasteiger partial charge in [0.15, 0.2) is 5.75 Å². The third-order valence-corrected chi connectivity index (χ3v) is 5.07. The lowest BCUT2D eigenvalue weighted by molar-refractivity contribution is 0.476. The number of hydrogen-bond acceptors (Lipinski definition) is 3. The van der Waals surface area contributed by atoms with E-state index >= 15 is 0 Å². The van der Waals surface area contributed by atoms with Crippen molar-refractivity contribution in [1.29, 1.82) is 0 Å². The number of aromatic hydroxyl groups is 1. The molecule has 3 nitrogen and oxygen atoms in total. The molecule has 0 fully saturated rings. The molecule has 24 heavy (non-hydrogen) atoms. The number of hydrogen-bond donors (Lipinski definition) is 2. The van der Waals surface area contributed by atoms with Gasteiger partial charge in [0, 0.05) is 20.2 Å². The zero-order valence-corrected chi connectivity index (χ0v) is 16.8. The topological polar surface area (TPSA) is 45.4 Å². The minimum absolute atomic E-state index is 0.121. The number of furan rings is 1. The second-order valence-corrected chi connectivity index (χ2v) is 7.62. The van der Waals surface area contributed by atoms with Crippen LogP contribution in [0.5, 0.6) is 5.75 Å². The van der Waals surface area contributed by atoms with E-state index in [4.69, 9.17) is 27.6 Å². The lowest BCUT2D eigenvalue weighted by atomic mass is 10.2. The van der Waals surface area contributed by atoms with Crippen LogP contribution in [0.2, 0.25) is 10.0 Å². The fourth-order valence-electron chi connectivity index (χ4n) is 2.16. The first-order valence-electron chi connectivity index (χ1n) is 6.90. The van der Waals surface area contributed by atoms with Crippen molar-refractivity contribution in [3.63, 3.8) is 0 Å². The van der Waals surface area contributed by atoms with Crippen LogP contribution in [0.25, 0.3) is 11.3 Å². The molecule has 1 aromatic heterocycles. The number of phenols is 1. The average molecular weight is 492 g/mol. The van der Waals surface area contributed by atoms with Crippen molar-refractivity contribution in [2.75, 3.05) is 5.32 Å². The van der Waals surface area contributed by atoms with Gasteiger partial charge >= 0.3 is 0 Å². The fourth-order valence-corrected chi connectivity index (χ4v) is 3.89. The van der Waals surface area contributed by atoms with Crippen LogP contribution in [0, 0.1) is 0 Å². The molecule has 3 aromatic rings. The van der Waals surface area contributed by atoms with Crippen LogP contribution in [0.3, 0.4) is 0 Å². The molecule has 7 heteroatoms. The second-order valence-electron chi connectivity index (χ2n) is 5.03. The number of rotatable bonds is 4. The van der Waals surface area contributed by atoms with Gasteiger partial charge in [0.25, 0.3) is 0 Å². The van der Waals surface area contributed by atoms with E-state index in [0.29, 0.717) is 12.2 Å². The highest BCUT2D eigenvalue weighted by atomic mass is 79.9. The van der Waals surface area contributed by atoms with E-state index in [1.807, 2.05) is 30.3 Å². The van der Waals surface area contributed by atoms with E-state index < -0.39 is 0 Å². The van der Waals surface area contributed by atoms with Gasteiger partial charge in [-0.2, -0.15) is 0 Å². The standard InChI is InChI=1S/C17H11Br2Cl2NO2/c18-9-1-3-12(13(19)5-9)16-4-2-11(24-16)8-22-10-6-14(20)17(23)15(21)7-10/h1-7,22-23H,8H2. The molecule has 2 N–H and O–H groups in total. The zero-order chi connectivity index (χ0) is 17.3. The quantitative estimate of drug-likeness (QED) is 0.383. The summed E-state index contributed by atoms with van der Waals surface area (Å²) in [6.45, 7) is 0.464. The molecule has 0 radical (unpaired) electrons. The van der Waals surface area contributed by atoms with Gasteiger partial charge in [-0.15, -0.1) is 0 Å². The third kappa shape index (κ3) is 3.91. The maximum absolute atomic E-state index is 9.57. The molecule has 3 rings (SSSR count). The first kappa shape index (κ1) is 17.7. The maximum atomic E-state index is 9.57. The number of benzene rings is 2. The molecule has 0 spiro atoms. The summed E-state index contributed by atoms with van der Waals surface area (Å²) in [6, 6.07) is 12.9. The predicted molar refractivity (Wildman–Crippen MR) is 105 cm³/mol. The van der Waals surface area contributed by atoms with Gasteiger partial charge in [-0.25, -0.2) is 0 Å². The molecule has 0 atom stereocenters. The Morgan fingerprint density at radius 2 is 1.71 bits per heavy atom. The summed E-state index contributed by atoms with van der Waals surface area (Å²) in [6.07, 6.45) is 0. The van der Waals surface area contributed by atoms with E-state index in [-0.39, 0.29) is 15.8 Å². The summed E-state index contributed by atoms with van der Waals surface area (Å²) in [5.41, 5.74) is 1.67. The third-order valence-electron chi connectivity index (χ3n) is 3.34. The molecule has 1 heterocycles. The van der Waals surface area contributed by atoms with Crippen LogP contribution in [0.4, 0.5) is 5.69 Å². The van der Waals surface area contributed by atoms with Gasteiger partial charge in [0.2, 0.25) is 0 Å². The summed E-state index contributed by atoms with van der Waals surface area (Å²) in [7, 11) is 0. The van der Waals surface area contributed by atoms with Crippen molar-refractivity contribution in [2.45, 2.75) is 6.54 Å². The molecule has 2 aromatic carbocycles. The average Bonchev–Trinajstić information content (AvgIpc) is 2.99. The molecule has 0 saturated heterocycles. The van der Waals surface area contributed by atoms with Crippen LogP contribution >= 0.6 is 55.1 Å². The number of anilines is 1. The summed E-state index contributed by atoms with van der Waals surface area (Å²) in [4.78, 5) is 0. The van der Waals surface area contributed by atoms with Crippen molar-refractivity contribution >= 4 is 60.7 Å². The number of phenolic OH excluding ortho intramolecular Hbond substituents is 1. The highest BCUT2D eigenvalue weighted by Crippen LogP contribution is 2.35. The van der Waals surface area contributed by atoms with Crippen molar-refractivity contribution in [3.05, 3.63) is 67.2 Å². The van der Waals surface area contributed by atoms with Gasteiger partial charge < -0.3 is 14.8 Å². The van der Waals surface area contributed by atoms with Crippen LogP contribution in [-0.2, 0) is 6.54 Å². The van der Waals surface area contributed by atoms with Crippen LogP contribution < -0.4 is 5.32 Å². The highest BCUT2D eigenvalue weighted by Gasteiger charge is 2.10. The van der Waals surface area contributed by atoms with Crippen molar-refractivity contribution in [3.8, 4) is 17.1 Å². The number of nitrogens with one attached hydrogen (secondary N) is 1. The monoisotopic (exact) mass is 489 g/mol. The second kappa shape index (κ2) is 7.40. The van der Waals surface area contributed by atoms with E-state index in [1.54, 1.807) is 12.1 Å². The molecule has 0 bridgehead atoms. The van der Waals surface area contributed by atoms with E-state index in [2.05, 4.69) is 37.2 Å². The van der Waals surface area contributed by atoms with Crippen molar-refractivity contribution in [2.24, 2.45) is 0 Å². The molecule has 0 aliphatic heterocycles. The Bertz CT molecular complexity index is 873. The van der Waals surface area contributed by atoms with Crippen molar-refractivity contribution < 1.29 is 9.52 Å². The van der Waals surface area contributed by atoms with Gasteiger partial charge in [-0.1, -0.05) is 39.1 Å². The Morgan fingerprint density at radius 1 is 1.00 bits per heavy atom. The van der Waals surface area contributed by atoms with Gasteiger partial charge in [-0.3, -0.25) is 0 Å². The summed E-state index contributed by atoms with van der Waals surface area (Å²) < 4.78 is 7.81. The lowest BCUT2D eigenvalue weighted by Gasteiger charge is -2.07. The lowest BCUT2D eigenvalue weighted by Crippen LogP contribution is -1.98. The van der Waals surface area contributed by atoms with Gasteiger partial charge in [0.05, 0.1) is 16.6 Å². The highest BCUT2D eigenvalue weighted by molar-refractivity contribution is 9.11. The SMILES string of the molecule is Oc1c(Cl)cc(NCc2ccc(-c3ccc(Br)cc3Br)o2)cc1Cl. The molecular formula is C17H11Br2Cl2NO2. The van der Waals surface area contributed by atoms with Crippen molar-refractivity contribution in [1.82, 2.24) is 0 Å². The van der Waals surface area contributed by atoms with Crippen LogP contribution in [0.15, 0.2) is 55.8 Å². The van der Waals surface area contributed by atoms with E-state index in [0.717, 1.165) is 26.0 Å². The van der Waals surface area contributed by atoms with Gasteiger partial charge in [0.1, 0.15) is 11.5 Å². The molecule has 0 aliphatic rings. The van der Waals surface area contributed by atoms with E-state index in [9.17, 15) is 5.11 Å². The zero-order valence-electron chi connectivity index (χ0n) is 12.1. The van der Waals surface area contributed by atoms with Crippen LogP contribution in [-0.4, -0.2) is 5.11 Å². The first-order chi connectivity index (χ1) is 11.4. The molecule has 0 amide bonds. The maximum Gasteiger partial charge on any atom is 0.152 e. The summed E-state index contributed by atoms with van der Waals surface area (Å²) in [5.74, 6) is 1.41. The van der Waals surface area contributed by atoms with Crippen LogP contribution in [0.1, 0.15) is 5.76 Å². The fraction of sp³-hybridized carbons (Fsp3) is 0.0588. The minimum Gasteiger partial charge on any atom is -0.505 e. The Morgan fingerprint density at radius 3 is 2.38 bits per heavy atom. The largest absolute Gasteiger partial charge is 0.505 e. The summed E-state index contributed by atoms with van der Waals surface area (Å²) in [5, 5.41) is 13.1. The molecule has 0 aliphatic carbocycles. The Balaban J connectivity index is 1.75. The van der Waals surface area contributed by atoms with Gasteiger partial charge in [-0.05, 0) is 58.4 Å². The first-order valence-corrected chi connectivity index (χ1v) is 9.24. The Labute approximate surface area is 165 Å². The minimum atomic E-state index is -0.121. The Hall–Kier alpha value is -1.14. The summed E-state index contributed by atoms with van der Waals surface area (Å²) >= 11 is 18.8. The predicted octanol–water partition coefficient (Wildman–Crippen LogP) is 7.10.